The molecule has 0 radical (unpaired) electrons. The summed E-state index contributed by atoms with van der Waals surface area (Å²) in [5, 5.41) is 13.1. The Morgan fingerprint density at radius 2 is 1.32 bits per heavy atom. The lowest BCUT2D eigenvalue weighted by atomic mass is 9.98. The number of azo groups is 1. The molecule has 1 heterocycles. The van der Waals surface area contributed by atoms with Crippen LogP contribution in [0.4, 0.5) is 5.69 Å². The highest BCUT2D eigenvalue weighted by atomic mass is 35.5. The van der Waals surface area contributed by atoms with Crippen molar-refractivity contribution < 1.29 is 0 Å². The number of rotatable bonds is 4. The topological polar surface area (TPSA) is 36.8 Å². The van der Waals surface area contributed by atoms with E-state index in [1.165, 1.54) is 0 Å². The Labute approximate surface area is 151 Å². The molecule has 25 heavy (non-hydrogen) atoms. The lowest BCUT2D eigenvalue weighted by Crippen LogP contribution is -2.17. The molecule has 1 N–H and O–H groups in total. The normalized spacial score (nSPS) is 16.3. The molecule has 0 saturated carbocycles. The van der Waals surface area contributed by atoms with Crippen LogP contribution in [0.3, 0.4) is 0 Å². The second-order valence-electron chi connectivity index (χ2n) is 5.76. The maximum absolute atomic E-state index is 5.98. The average Bonchev–Trinajstić information content (AvgIpc) is 3.08. The van der Waals surface area contributed by atoms with Crippen LogP contribution in [0.1, 0.15) is 11.1 Å². The minimum Gasteiger partial charge on any atom is -0.359 e. The van der Waals surface area contributed by atoms with Gasteiger partial charge in [-0.3, -0.25) is 0 Å². The molecule has 1 aliphatic heterocycles. The lowest BCUT2D eigenvalue weighted by molar-refractivity contribution is 0.923. The summed E-state index contributed by atoms with van der Waals surface area (Å²) in [6.45, 7) is 0. The molecule has 0 bridgehead atoms. The Morgan fingerprint density at radius 1 is 0.720 bits per heavy atom. The quantitative estimate of drug-likeness (QED) is 0.608. The Morgan fingerprint density at radius 3 is 1.96 bits per heavy atom. The fourth-order valence-electron chi connectivity index (χ4n) is 2.88. The van der Waals surface area contributed by atoms with Crippen LogP contribution < -0.4 is 5.32 Å². The summed E-state index contributed by atoms with van der Waals surface area (Å²) in [6.07, 6.45) is -0.237. The summed E-state index contributed by atoms with van der Waals surface area (Å²) in [7, 11) is 0. The Kier molecular flexibility index (Phi) is 4.32. The van der Waals surface area contributed by atoms with Crippen LogP contribution in [0.2, 0.25) is 5.02 Å². The molecule has 3 aromatic carbocycles. The van der Waals surface area contributed by atoms with Crippen LogP contribution in [-0.4, -0.2) is 6.17 Å². The second-order valence-corrected chi connectivity index (χ2v) is 6.20. The number of hydrogen-bond donors (Lipinski definition) is 1. The van der Waals surface area contributed by atoms with Crippen molar-refractivity contribution in [2.75, 3.05) is 5.32 Å². The van der Waals surface area contributed by atoms with E-state index in [2.05, 4.69) is 39.8 Å². The van der Waals surface area contributed by atoms with Gasteiger partial charge < -0.3 is 5.32 Å². The smallest absolute Gasteiger partial charge is 0.168 e. The van der Waals surface area contributed by atoms with Gasteiger partial charge in [0, 0.05) is 21.8 Å². The standard InChI is InChI=1S/C21H16ClN3/c22-17-11-13-18(14-12-17)23-21-19(15-7-3-1-4-8-15)20(24-25-21)16-9-5-2-6-10-16/h1-14,21,23H. The molecule has 3 aromatic rings. The zero-order chi connectivity index (χ0) is 17.1. The number of halogens is 1. The molecular weight excluding hydrogens is 330 g/mol. The maximum atomic E-state index is 5.98. The van der Waals surface area contributed by atoms with Gasteiger partial charge in [0.2, 0.25) is 0 Å². The van der Waals surface area contributed by atoms with E-state index in [9.17, 15) is 0 Å². The van der Waals surface area contributed by atoms with E-state index in [0.717, 1.165) is 28.1 Å². The summed E-state index contributed by atoms with van der Waals surface area (Å²) in [5.74, 6) is 0. The first-order chi connectivity index (χ1) is 12.3. The van der Waals surface area contributed by atoms with E-state index >= 15 is 0 Å². The molecule has 122 valence electrons. The van der Waals surface area contributed by atoms with Gasteiger partial charge in [-0.05, 0) is 29.8 Å². The van der Waals surface area contributed by atoms with Crippen molar-refractivity contribution in [1.82, 2.24) is 0 Å². The summed E-state index contributed by atoms with van der Waals surface area (Å²) in [4.78, 5) is 0. The van der Waals surface area contributed by atoms with Crippen molar-refractivity contribution in [2.24, 2.45) is 10.2 Å². The molecular formula is C21H16ClN3. The van der Waals surface area contributed by atoms with Crippen LogP contribution in [0, 0.1) is 0 Å². The van der Waals surface area contributed by atoms with Crippen molar-refractivity contribution >= 4 is 28.6 Å². The molecule has 0 amide bonds. The molecule has 1 atom stereocenters. The fraction of sp³-hybridized carbons (Fsp3) is 0.0476. The first kappa shape index (κ1) is 15.6. The second kappa shape index (κ2) is 6.91. The van der Waals surface area contributed by atoms with Gasteiger partial charge in [-0.25, -0.2) is 0 Å². The first-order valence-corrected chi connectivity index (χ1v) is 8.47. The fourth-order valence-corrected chi connectivity index (χ4v) is 3.01. The van der Waals surface area contributed by atoms with Crippen LogP contribution in [0.15, 0.2) is 95.2 Å². The number of nitrogens with zero attached hydrogens (tertiary/aromatic N) is 2. The van der Waals surface area contributed by atoms with Crippen LogP contribution in [0.5, 0.6) is 0 Å². The largest absolute Gasteiger partial charge is 0.359 e. The van der Waals surface area contributed by atoms with Crippen LogP contribution in [0.25, 0.3) is 11.3 Å². The molecule has 0 aromatic heterocycles. The Hall–Kier alpha value is -2.91. The summed E-state index contributed by atoms with van der Waals surface area (Å²) in [5.41, 5.74) is 5.10. The third-order valence-corrected chi connectivity index (χ3v) is 4.33. The molecule has 4 rings (SSSR count). The highest BCUT2D eigenvalue weighted by Gasteiger charge is 2.26. The zero-order valence-electron chi connectivity index (χ0n) is 13.4. The van der Waals surface area contributed by atoms with Gasteiger partial charge >= 0.3 is 0 Å². The van der Waals surface area contributed by atoms with Gasteiger partial charge in [0.25, 0.3) is 0 Å². The van der Waals surface area contributed by atoms with E-state index in [1.807, 2.05) is 60.7 Å². The van der Waals surface area contributed by atoms with E-state index < -0.39 is 0 Å². The highest BCUT2D eigenvalue weighted by molar-refractivity contribution is 6.30. The van der Waals surface area contributed by atoms with E-state index in [0.29, 0.717) is 5.02 Å². The summed E-state index contributed by atoms with van der Waals surface area (Å²) >= 11 is 5.98. The molecule has 0 aliphatic carbocycles. The van der Waals surface area contributed by atoms with Gasteiger partial charge in [0.05, 0.1) is 0 Å². The Bertz CT molecular complexity index is 916. The van der Waals surface area contributed by atoms with Crippen molar-refractivity contribution in [3.8, 4) is 0 Å². The zero-order valence-corrected chi connectivity index (χ0v) is 14.2. The molecule has 0 fully saturated rings. The predicted octanol–water partition coefficient (Wildman–Crippen LogP) is 6.11. The predicted molar refractivity (Wildman–Crippen MR) is 103 cm³/mol. The minimum absolute atomic E-state index is 0.237. The van der Waals surface area contributed by atoms with Crippen LogP contribution >= 0.6 is 11.6 Å². The molecule has 4 heteroatoms. The third-order valence-electron chi connectivity index (χ3n) is 4.08. The molecule has 0 saturated heterocycles. The van der Waals surface area contributed by atoms with Gasteiger partial charge in [-0.1, -0.05) is 72.3 Å². The summed E-state index contributed by atoms with van der Waals surface area (Å²) in [6, 6.07) is 28.0. The number of nitrogens with one attached hydrogen (secondary N) is 1. The van der Waals surface area contributed by atoms with Gasteiger partial charge in [-0.15, -0.1) is 0 Å². The van der Waals surface area contributed by atoms with E-state index in [-0.39, 0.29) is 6.17 Å². The average molecular weight is 346 g/mol. The maximum Gasteiger partial charge on any atom is 0.168 e. The summed E-state index contributed by atoms with van der Waals surface area (Å²) < 4.78 is 0. The van der Waals surface area contributed by atoms with Crippen molar-refractivity contribution in [1.29, 1.82) is 0 Å². The lowest BCUT2D eigenvalue weighted by Gasteiger charge is -2.16. The van der Waals surface area contributed by atoms with E-state index in [4.69, 9.17) is 11.6 Å². The molecule has 1 unspecified atom stereocenters. The van der Waals surface area contributed by atoms with Crippen molar-refractivity contribution in [2.45, 2.75) is 6.17 Å². The Balaban J connectivity index is 1.75. The SMILES string of the molecule is Clc1ccc(NC2N=NC(c3ccccc3)=C2c2ccccc2)cc1. The van der Waals surface area contributed by atoms with Gasteiger partial charge in [0.15, 0.2) is 6.17 Å². The highest BCUT2D eigenvalue weighted by Crippen LogP contribution is 2.37. The number of hydrogen-bond acceptors (Lipinski definition) is 3. The van der Waals surface area contributed by atoms with Gasteiger partial charge in [0.1, 0.15) is 5.70 Å². The monoisotopic (exact) mass is 345 g/mol. The van der Waals surface area contributed by atoms with Crippen molar-refractivity contribution in [3.63, 3.8) is 0 Å². The number of anilines is 1. The van der Waals surface area contributed by atoms with Crippen molar-refractivity contribution in [3.05, 3.63) is 101 Å². The minimum atomic E-state index is -0.237. The third kappa shape index (κ3) is 3.32. The van der Waals surface area contributed by atoms with Gasteiger partial charge in [-0.2, -0.15) is 10.2 Å². The molecule has 0 spiro atoms. The van der Waals surface area contributed by atoms with E-state index in [1.54, 1.807) is 0 Å². The van der Waals surface area contributed by atoms with Crippen LogP contribution in [-0.2, 0) is 0 Å². The first-order valence-electron chi connectivity index (χ1n) is 8.09. The molecule has 1 aliphatic rings. The molecule has 3 nitrogen and oxygen atoms in total. The number of benzene rings is 3.